The second-order valence-electron chi connectivity index (χ2n) is 7.61. The molecule has 0 aliphatic carbocycles. The predicted molar refractivity (Wildman–Crippen MR) is 105 cm³/mol. The van der Waals surface area contributed by atoms with Gasteiger partial charge in [-0.15, -0.1) is 0 Å². The molecule has 2 aliphatic rings. The molecule has 2 fully saturated rings. The molecule has 2 aromatic carbocycles. The van der Waals surface area contributed by atoms with Gasteiger partial charge in [-0.25, -0.2) is 4.39 Å². The zero-order valence-electron chi connectivity index (χ0n) is 15.9. The molecular formula is C22H24FN3O2. The van der Waals surface area contributed by atoms with Crippen LogP contribution in [0.2, 0.25) is 0 Å². The quantitative estimate of drug-likeness (QED) is 0.821. The van der Waals surface area contributed by atoms with E-state index in [9.17, 15) is 14.0 Å². The van der Waals surface area contributed by atoms with Gasteiger partial charge in [0.2, 0.25) is 11.8 Å². The number of amides is 2. The highest BCUT2D eigenvalue weighted by Gasteiger charge is 2.40. The third-order valence-corrected chi connectivity index (χ3v) is 5.65. The molecule has 2 heterocycles. The lowest BCUT2D eigenvalue weighted by molar-refractivity contribution is -0.140. The Morgan fingerprint density at radius 1 is 1.04 bits per heavy atom. The van der Waals surface area contributed by atoms with Crippen molar-refractivity contribution >= 4 is 17.5 Å². The zero-order chi connectivity index (χ0) is 19.7. The fraction of sp³-hybridized carbons (Fsp3) is 0.364. The minimum Gasteiger partial charge on any atom is -0.333 e. The lowest BCUT2D eigenvalue weighted by atomic mass is 9.99. The molecule has 6 heteroatoms. The Labute approximate surface area is 164 Å². The molecule has 2 saturated heterocycles. The molecule has 0 bridgehead atoms. The molecule has 0 unspecified atom stereocenters. The van der Waals surface area contributed by atoms with Crippen LogP contribution in [0, 0.1) is 11.7 Å². The number of anilines is 1. The number of hydrogen-bond acceptors (Lipinski definition) is 3. The van der Waals surface area contributed by atoms with Gasteiger partial charge >= 0.3 is 0 Å². The smallest absolute Gasteiger partial charge is 0.228 e. The SMILES string of the molecule is CN1CCN(C(=O)[C@H]2CC(=O)N(c3cccc(F)c3)C2)[C@H](c2ccccc2)C1. The van der Waals surface area contributed by atoms with Gasteiger partial charge in [-0.1, -0.05) is 36.4 Å². The Kier molecular flexibility index (Phi) is 5.13. The summed E-state index contributed by atoms with van der Waals surface area (Å²) in [5.74, 6) is -0.905. The van der Waals surface area contributed by atoms with Gasteiger partial charge in [0.25, 0.3) is 0 Å². The van der Waals surface area contributed by atoms with Gasteiger partial charge in [0.05, 0.1) is 12.0 Å². The van der Waals surface area contributed by atoms with Crippen molar-refractivity contribution in [3.8, 4) is 0 Å². The summed E-state index contributed by atoms with van der Waals surface area (Å²) in [6.07, 6.45) is 0.170. The third kappa shape index (κ3) is 3.64. The van der Waals surface area contributed by atoms with Crippen molar-refractivity contribution < 1.29 is 14.0 Å². The molecule has 0 radical (unpaired) electrons. The maximum absolute atomic E-state index is 13.6. The fourth-order valence-electron chi connectivity index (χ4n) is 4.14. The Balaban J connectivity index is 1.54. The van der Waals surface area contributed by atoms with E-state index in [0.717, 1.165) is 18.7 Å². The summed E-state index contributed by atoms with van der Waals surface area (Å²) in [7, 11) is 2.06. The number of hydrogen-bond donors (Lipinski definition) is 0. The van der Waals surface area contributed by atoms with Gasteiger partial charge in [0.15, 0.2) is 0 Å². The van der Waals surface area contributed by atoms with Crippen LogP contribution in [0.4, 0.5) is 10.1 Å². The van der Waals surface area contributed by atoms with E-state index in [1.165, 1.54) is 17.0 Å². The molecule has 0 N–H and O–H groups in total. The van der Waals surface area contributed by atoms with E-state index in [0.29, 0.717) is 18.8 Å². The van der Waals surface area contributed by atoms with E-state index in [-0.39, 0.29) is 30.1 Å². The van der Waals surface area contributed by atoms with E-state index in [4.69, 9.17) is 0 Å². The molecular weight excluding hydrogens is 357 g/mol. The molecule has 28 heavy (non-hydrogen) atoms. The number of piperazine rings is 1. The lowest BCUT2D eigenvalue weighted by Crippen LogP contribution is -2.51. The highest BCUT2D eigenvalue weighted by molar-refractivity contribution is 6.00. The number of benzene rings is 2. The van der Waals surface area contributed by atoms with Crippen molar-refractivity contribution in [3.05, 3.63) is 66.0 Å². The zero-order valence-corrected chi connectivity index (χ0v) is 15.9. The number of carbonyl (C=O) groups is 2. The van der Waals surface area contributed by atoms with Crippen molar-refractivity contribution in [1.29, 1.82) is 0 Å². The van der Waals surface area contributed by atoms with Crippen LogP contribution in [0.3, 0.4) is 0 Å². The summed E-state index contributed by atoms with van der Waals surface area (Å²) in [5.41, 5.74) is 1.62. The van der Waals surface area contributed by atoms with E-state index in [1.807, 2.05) is 35.2 Å². The summed E-state index contributed by atoms with van der Waals surface area (Å²) >= 11 is 0. The summed E-state index contributed by atoms with van der Waals surface area (Å²) in [4.78, 5) is 31.5. The topological polar surface area (TPSA) is 43.9 Å². The summed E-state index contributed by atoms with van der Waals surface area (Å²) in [6, 6.07) is 16.0. The van der Waals surface area contributed by atoms with Crippen molar-refractivity contribution in [2.45, 2.75) is 12.5 Å². The van der Waals surface area contributed by atoms with Gasteiger partial charge in [0, 0.05) is 38.3 Å². The second kappa shape index (κ2) is 7.72. The van der Waals surface area contributed by atoms with E-state index in [2.05, 4.69) is 11.9 Å². The average molecular weight is 381 g/mol. The van der Waals surface area contributed by atoms with Crippen molar-refractivity contribution in [3.63, 3.8) is 0 Å². The van der Waals surface area contributed by atoms with Crippen LogP contribution >= 0.6 is 0 Å². The second-order valence-corrected chi connectivity index (χ2v) is 7.61. The van der Waals surface area contributed by atoms with Gasteiger partial charge in [0.1, 0.15) is 5.82 Å². The van der Waals surface area contributed by atoms with Crippen LogP contribution in [0.25, 0.3) is 0 Å². The first-order chi connectivity index (χ1) is 13.5. The molecule has 0 spiro atoms. The monoisotopic (exact) mass is 381 g/mol. The van der Waals surface area contributed by atoms with Crippen LogP contribution in [0.15, 0.2) is 54.6 Å². The molecule has 0 aromatic heterocycles. The Morgan fingerprint density at radius 2 is 1.82 bits per heavy atom. The van der Waals surface area contributed by atoms with Crippen LogP contribution in [-0.4, -0.2) is 54.8 Å². The lowest BCUT2D eigenvalue weighted by Gasteiger charge is -2.41. The molecule has 146 valence electrons. The normalized spacial score (nSPS) is 23.3. The molecule has 2 aliphatic heterocycles. The number of halogens is 1. The number of carbonyl (C=O) groups excluding carboxylic acids is 2. The highest BCUT2D eigenvalue weighted by Crippen LogP contribution is 2.31. The maximum atomic E-state index is 13.6. The van der Waals surface area contributed by atoms with Crippen LogP contribution in [0.1, 0.15) is 18.0 Å². The minimum atomic E-state index is -0.398. The molecule has 0 saturated carbocycles. The third-order valence-electron chi connectivity index (χ3n) is 5.65. The number of rotatable bonds is 3. The van der Waals surface area contributed by atoms with Crippen LogP contribution < -0.4 is 4.90 Å². The molecule has 5 nitrogen and oxygen atoms in total. The largest absolute Gasteiger partial charge is 0.333 e. The standard InChI is InChI=1S/C22H24FN3O2/c1-24-10-11-25(20(15-24)16-6-3-2-4-7-16)22(28)17-12-21(27)26(14-17)19-9-5-8-18(23)13-19/h2-9,13,17,20H,10-12,14-15H2,1H3/t17-,20-/m0/s1. The van der Waals surface area contributed by atoms with Crippen molar-refractivity contribution in [1.82, 2.24) is 9.80 Å². The highest BCUT2D eigenvalue weighted by atomic mass is 19.1. The van der Waals surface area contributed by atoms with Gasteiger partial charge < -0.3 is 14.7 Å². The Bertz CT molecular complexity index is 873. The fourth-order valence-corrected chi connectivity index (χ4v) is 4.14. The predicted octanol–water partition coefficient (Wildman–Crippen LogP) is 2.69. The molecule has 2 aromatic rings. The van der Waals surface area contributed by atoms with Gasteiger partial charge in [-0.05, 0) is 30.8 Å². The summed E-state index contributed by atoms with van der Waals surface area (Å²) in [6.45, 7) is 2.52. The first-order valence-corrected chi connectivity index (χ1v) is 9.63. The van der Waals surface area contributed by atoms with Crippen LogP contribution in [0.5, 0.6) is 0 Å². The van der Waals surface area contributed by atoms with Gasteiger partial charge in [-0.3, -0.25) is 9.59 Å². The van der Waals surface area contributed by atoms with Gasteiger partial charge in [-0.2, -0.15) is 0 Å². The first-order valence-electron chi connectivity index (χ1n) is 9.63. The molecule has 2 amide bonds. The minimum absolute atomic E-state index is 0.00852. The van der Waals surface area contributed by atoms with Crippen LogP contribution in [-0.2, 0) is 9.59 Å². The molecule has 4 rings (SSSR count). The summed E-state index contributed by atoms with van der Waals surface area (Å²) < 4.78 is 13.6. The summed E-state index contributed by atoms with van der Waals surface area (Å²) in [5, 5.41) is 0. The first kappa shape index (κ1) is 18.6. The van der Waals surface area contributed by atoms with Crippen molar-refractivity contribution in [2.75, 3.05) is 38.1 Å². The Hall–Kier alpha value is -2.73. The Morgan fingerprint density at radius 3 is 2.57 bits per heavy atom. The number of nitrogens with zero attached hydrogens (tertiary/aromatic N) is 3. The number of likely N-dealkylation sites (N-methyl/N-ethyl adjacent to an activating group) is 1. The van der Waals surface area contributed by atoms with Crippen molar-refractivity contribution in [2.24, 2.45) is 5.92 Å². The van der Waals surface area contributed by atoms with E-state index >= 15 is 0 Å². The average Bonchev–Trinajstić information content (AvgIpc) is 3.10. The maximum Gasteiger partial charge on any atom is 0.228 e. The molecule has 2 atom stereocenters. The van der Waals surface area contributed by atoms with E-state index < -0.39 is 5.92 Å². The van der Waals surface area contributed by atoms with E-state index in [1.54, 1.807) is 12.1 Å².